The molecule has 0 fully saturated rings. The first-order valence-electron chi connectivity index (χ1n) is 9.32. The van der Waals surface area contributed by atoms with Crippen LogP contribution in [0.15, 0.2) is 42.5 Å². The lowest BCUT2D eigenvalue weighted by atomic mass is 10.2. The molecule has 0 aromatic heterocycles. The number of halogens is 1. The van der Waals surface area contributed by atoms with Gasteiger partial charge in [-0.1, -0.05) is 12.1 Å². The van der Waals surface area contributed by atoms with Gasteiger partial charge in [0.1, 0.15) is 12.4 Å². The molecule has 30 heavy (non-hydrogen) atoms. The Kier molecular flexibility index (Phi) is 6.84. The van der Waals surface area contributed by atoms with Crippen LogP contribution in [0.5, 0.6) is 11.5 Å². The number of carbonyl (C=O) groups is 3. The van der Waals surface area contributed by atoms with Crippen molar-refractivity contribution < 1.29 is 33.0 Å². The van der Waals surface area contributed by atoms with Crippen LogP contribution in [0.2, 0.25) is 0 Å². The van der Waals surface area contributed by atoms with Crippen LogP contribution in [0.25, 0.3) is 0 Å². The van der Waals surface area contributed by atoms with Crippen molar-refractivity contribution in [3.63, 3.8) is 0 Å². The number of carbonyl (C=O) groups excluding carboxylic acids is 3. The van der Waals surface area contributed by atoms with Crippen molar-refractivity contribution in [1.82, 2.24) is 10.2 Å². The predicted molar refractivity (Wildman–Crippen MR) is 103 cm³/mol. The summed E-state index contributed by atoms with van der Waals surface area (Å²) < 4.78 is 28.6. The average molecular weight is 416 g/mol. The third-order valence-corrected chi connectivity index (χ3v) is 4.38. The molecule has 2 amide bonds. The monoisotopic (exact) mass is 416 g/mol. The second-order valence-corrected chi connectivity index (χ2v) is 6.45. The smallest absolute Gasteiger partial charge is 0.325 e. The highest BCUT2D eigenvalue weighted by molar-refractivity contribution is 5.96. The van der Waals surface area contributed by atoms with Crippen molar-refractivity contribution in [1.29, 1.82) is 0 Å². The van der Waals surface area contributed by atoms with Gasteiger partial charge in [0.2, 0.25) is 6.79 Å². The fourth-order valence-corrected chi connectivity index (χ4v) is 2.81. The predicted octanol–water partition coefficient (Wildman–Crippen LogP) is 1.88. The summed E-state index contributed by atoms with van der Waals surface area (Å²) in [5.74, 6) is -1.05. The molecule has 1 aliphatic heterocycles. The van der Waals surface area contributed by atoms with Gasteiger partial charge in [-0.3, -0.25) is 14.4 Å². The number of esters is 1. The van der Waals surface area contributed by atoms with Gasteiger partial charge >= 0.3 is 5.97 Å². The minimum Gasteiger partial charge on any atom is -0.454 e. The van der Waals surface area contributed by atoms with Gasteiger partial charge in [0.05, 0.1) is 0 Å². The van der Waals surface area contributed by atoms with E-state index in [1.165, 1.54) is 23.1 Å². The lowest BCUT2D eigenvalue weighted by Gasteiger charge is -2.21. The standard InChI is InChI=1S/C21H21FN2O6/c1-2-24(11-14-4-3-5-16(22)8-14)19(25)12-28-20(26)10-23-21(27)15-6-7-17-18(9-15)30-13-29-17/h3-9H,2,10-13H2,1H3,(H,23,27). The number of hydrogen-bond donors (Lipinski definition) is 1. The van der Waals surface area contributed by atoms with E-state index in [0.717, 1.165) is 0 Å². The Morgan fingerprint density at radius 3 is 2.70 bits per heavy atom. The van der Waals surface area contributed by atoms with Crippen LogP contribution < -0.4 is 14.8 Å². The Balaban J connectivity index is 1.44. The molecule has 0 atom stereocenters. The Labute approximate surface area is 172 Å². The first-order chi connectivity index (χ1) is 14.5. The third-order valence-electron chi connectivity index (χ3n) is 4.38. The van der Waals surface area contributed by atoms with Gasteiger partial charge in [-0.15, -0.1) is 0 Å². The van der Waals surface area contributed by atoms with E-state index < -0.39 is 30.9 Å². The molecule has 1 N–H and O–H groups in total. The minimum atomic E-state index is -0.751. The molecule has 0 saturated carbocycles. The fraction of sp³-hybridized carbons (Fsp3) is 0.286. The number of nitrogens with zero attached hydrogens (tertiary/aromatic N) is 1. The molecule has 0 aliphatic carbocycles. The van der Waals surface area contributed by atoms with E-state index in [-0.39, 0.29) is 19.2 Å². The molecular weight excluding hydrogens is 395 g/mol. The number of ether oxygens (including phenoxy) is 3. The summed E-state index contributed by atoms with van der Waals surface area (Å²) in [6, 6.07) is 10.6. The number of likely N-dealkylation sites (N-methyl/N-ethyl adjacent to an activating group) is 1. The van der Waals surface area contributed by atoms with Gasteiger partial charge in [0, 0.05) is 18.7 Å². The molecule has 0 unspecified atom stereocenters. The normalized spacial score (nSPS) is 11.7. The van der Waals surface area contributed by atoms with E-state index in [4.69, 9.17) is 14.2 Å². The maximum atomic E-state index is 13.3. The third kappa shape index (κ3) is 5.47. The molecule has 0 bridgehead atoms. The topological polar surface area (TPSA) is 94.2 Å². The summed E-state index contributed by atoms with van der Waals surface area (Å²) in [6.45, 7) is 1.57. The highest BCUT2D eigenvalue weighted by Crippen LogP contribution is 2.32. The Hall–Kier alpha value is -3.62. The van der Waals surface area contributed by atoms with E-state index in [1.54, 1.807) is 31.2 Å². The summed E-state index contributed by atoms with van der Waals surface area (Å²) in [4.78, 5) is 37.7. The summed E-state index contributed by atoms with van der Waals surface area (Å²) in [7, 11) is 0. The van der Waals surface area contributed by atoms with Crippen LogP contribution in [-0.4, -0.2) is 49.2 Å². The van der Waals surface area contributed by atoms with E-state index in [0.29, 0.717) is 29.2 Å². The van der Waals surface area contributed by atoms with Crippen molar-refractivity contribution in [2.75, 3.05) is 26.5 Å². The van der Waals surface area contributed by atoms with Gasteiger partial charge in [0.15, 0.2) is 18.1 Å². The Morgan fingerprint density at radius 1 is 1.13 bits per heavy atom. The van der Waals surface area contributed by atoms with Gasteiger partial charge < -0.3 is 24.4 Å². The molecule has 1 aliphatic rings. The molecule has 0 radical (unpaired) electrons. The zero-order valence-corrected chi connectivity index (χ0v) is 16.4. The van der Waals surface area contributed by atoms with Crippen molar-refractivity contribution >= 4 is 17.8 Å². The summed E-state index contributed by atoms with van der Waals surface area (Å²) in [5.41, 5.74) is 0.933. The van der Waals surface area contributed by atoms with E-state index in [1.807, 2.05) is 0 Å². The number of hydrogen-bond acceptors (Lipinski definition) is 6. The van der Waals surface area contributed by atoms with Crippen LogP contribution in [0.1, 0.15) is 22.8 Å². The molecule has 2 aromatic carbocycles. The molecule has 0 saturated heterocycles. The van der Waals surface area contributed by atoms with E-state index in [9.17, 15) is 18.8 Å². The van der Waals surface area contributed by atoms with Crippen molar-refractivity contribution in [3.8, 4) is 11.5 Å². The number of fused-ring (bicyclic) bond motifs is 1. The first-order valence-corrected chi connectivity index (χ1v) is 9.32. The first kappa shape index (κ1) is 21.1. The Bertz CT molecular complexity index is 949. The van der Waals surface area contributed by atoms with E-state index >= 15 is 0 Å². The largest absolute Gasteiger partial charge is 0.454 e. The summed E-state index contributed by atoms with van der Waals surface area (Å²) >= 11 is 0. The second-order valence-electron chi connectivity index (χ2n) is 6.45. The molecule has 0 spiro atoms. The van der Waals surface area contributed by atoms with E-state index in [2.05, 4.69) is 5.32 Å². The van der Waals surface area contributed by atoms with Crippen molar-refractivity contribution in [2.45, 2.75) is 13.5 Å². The zero-order valence-electron chi connectivity index (χ0n) is 16.4. The molecule has 1 heterocycles. The molecule has 2 aromatic rings. The number of rotatable bonds is 8. The quantitative estimate of drug-likeness (QED) is 0.661. The van der Waals surface area contributed by atoms with Crippen LogP contribution in [0.3, 0.4) is 0 Å². The van der Waals surface area contributed by atoms with Crippen LogP contribution in [0, 0.1) is 5.82 Å². The molecule has 3 rings (SSSR count). The van der Waals surface area contributed by atoms with Crippen molar-refractivity contribution in [2.24, 2.45) is 0 Å². The SMILES string of the molecule is CCN(Cc1cccc(F)c1)C(=O)COC(=O)CNC(=O)c1ccc2c(c1)OCO2. The van der Waals surface area contributed by atoms with Gasteiger partial charge in [-0.05, 0) is 42.8 Å². The highest BCUT2D eigenvalue weighted by atomic mass is 19.1. The summed E-state index contributed by atoms with van der Waals surface area (Å²) in [6.07, 6.45) is 0. The van der Waals surface area contributed by atoms with Gasteiger partial charge in [-0.25, -0.2) is 4.39 Å². The molecule has 9 heteroatoms. The summed E-state index contributed by atoms with van der Waals surface area (Å²) in [5, 5.41) is 2.43. The molecule has 8 nitrogen and oxygen atoms in total. The average Bonchev–Trinajstić information content (AvgIpc) is 3.22. The lowest BCUT2D eigenvalue weighted by Crippen LogP contribution is -2.36. The number of benzene rings is 2. The van der Waals surface area contributed by atoms with Crippen LogP contribution in [0.4, 0.5) is 4.39 Å². The molecular formula is C21H21FN2O6. The lowest BCUT2D eigenvalue weighted by molar-refractivity contribution is -0.151. The van der Waals surface area contributed by atoms with Crippen molar-refractivity contribution in [3.05, 3.63) is 59.4 Å². The Morgan fingerprint density at radius 2 is 1.93 bits per heavy atom. The second kappa shape index (κ2) is 9.73. The number of nitrogens with one attached hydrogen (secondary N) is 1. The van der Waals surface area contributed by atoms with Gasteiger partial charge in [0.25, 0.3) is 11.8 Å². The van der Waals surface area contributed by atoms with Gasteiger partial charge in [-0.2, -0.15) is 0 Å². The molecule has 158 valence electrons. The maximum absolute atomic E-state index is 13.3. The fourth-order valence-electron chi connectivity index (χ4n) is 2.81. The highest BCUT2D eigenvalue weighted by Gasteiger charge is 2.18. The minimum absolute atomic E-state index is 0.0920. The maximum Gasteiger partial charge on any atom is 0.325 e. The van der Waals surface area contributed by atoms with Crippen LogP contribution in [-0.2, 0) is 20.9 Å². The number of amides is 2. The van der Waals surface area contributed by atoms with Crippen LogP contribution >= 0.6 is 0 Å². The zero-order chi connectivity index (χ0) is 21.5.